The lowest BCUT2D eigenvalue weighted by molar-refractivity contribution is 0.421. The normalized spacial score (nSPS) is 14.0. The molecular formula is C16H23BrO3S. The lowest BCUT2D eigenvalue weighted by Gasteiger charge is -2.16. The van der Waals surface area contributed by atoms with Crippen LogP contribution in [0.4, 0.5) is 0 Å². The molecule has 1 aromatic carbocycles. The Morgan fingerprint density at radius 1 is 1.19 bits per heavy atom. The summed E-state index contributed by atoms with van der Waals surface area (Å²) in [5.41, 5.74) is 1.15. The van der Waals surface area contributed by atoms with Crippen LogP contribution >= 0.6 is 15.9 Å². The second-order valence-corrected chi connectivity index (χ2v) is 8.09. The van der Waals surface area contributed by atoms with E-state index in [0.717, 1.165) is 22.9 Å². The first-order chi connectivity index (χ1) is 9.78. The summed E-state index contributed by atoms with van der Waals surface area (Å²) in [6.07, 6.45) is 6.54. The zero-order valence-electron chi connectivity index (χ0n) is 12.5. The minimum Gasteiger partial charge on any atom is -0.286 e. The van der Waals surface area contributed by atoms with Crippen LogP contribution in [0.15, 0.2) is 34.8 Å². The Kier molecular flexibility index (Phi) is 7.63. The Morgan fingerprint density at radius 2 is 1.81 bits per heavy atom. The maximum absolute atomic E-state index is 10.7. The first kappa shape index (κ1) is 18.4. The summed E-state index contributed by atoms with van der Waals surface area (Å²) in [7, 11) is -3.82. The monoisotopic (exact) mass is 374 g/mol. The van der Waals surface area contributed by atoms with Gasteiger partial charge in [-0.15, -0.1) is 0 Å². The van der Waals surface area contributed by atoms with E-state index in [9.17, 15) is 8.42 Å². The van der Waals surface area contributed by atoms with E-state index in [4.69, 9.17) is 4.55 Å². The van der Waals surface area contributed by atoms with Crippen LogP contribution in [0.2, 0.25) is 0 Å². The van der Waals surface area contributed by atoms with Crippen molar-refractivity contribution in [2.24, 2.45) is 11.8 Å². The molecule has 0 saturated carbocycles. The second kappa shape index (κ2) is 8.71. The van der Waals surface area contributed by atoms with E-state index in [2.05, 4.69) is 54.1 Å². The molecule has 0 bridgehead atoms. The van der Waals surface area contributed by atoms with Gasteiger partial charge in [0.1, 0.15) is 0 Å². The van der Waals surface area contributed by atoms with Gasteiger partial charge in [0.2, 0.25) is 0 Å². The maximum Gasteiger partial charge on any atom is 0.264 e. The van der Waals surface area contributed by atoms with Gasteiger partial charge in [-0.2, -0.15) is 8.42 Å². The largest absolute Gasteiger partial charge is 0.286 e. The number of unbranched alkanes of at least 4 members (excludes halogenated alkanes) is 1. The second-order valence-electron chi connectivity index (χ2n) is 5.60. The van der Waals surface area contributed by atoms with Crippen LogP contribution in [0.3, 0.4) is 0 Å². The van der Waals surface area contributed by atoms with Crippen molar-refractivity contribution in [1.29, 1.82) is 0 Å². The van der Waals surface area contributed by atoms with E-state index in [0.29, 0.717) is 18.3 Å². The molecule has 1 atom stereocenters. The quantitative estimate of drug-likeness (QED) is 0.525. The Balaban J connectivity index is 2.51. The summed E-state index contributed by atoms with van der Waals surface area (Å²) in [5.74, 6) is 0.770. The van der Waals surface area contributed by atoms with E-state index >= 15 is 0 Å². The summed E-state index contributed by atoms with van der Waals surface area (Å²) >= 11 is 3.41. The van der Waals surface area contributed by atoms with Gasteiger partial charge in [-0.1, -0.05) is 60.5 Å². The molecule has 0 amide bonds. The fraction of sp³-hybridized carbons (Fsp3) is 0.500. The third kappa shape index (κ3) is 8.39. The predicted octanol–water partition coefficient (Wildman–Crippen LogP) is 4.79. The van der Waals surface area contributed by atoms with Crippen LogP contribution in [0, 0.1) is 11.8 Å². The molecule has 0 aliphatic rings. The number of allylic oxidation sites excluding steroid dienone is 1. The zero-order valence-corrected chi connectivity index (χ0v) is 14.9. The van der Waals surface area contributed by atoms with E-state index in [1.807, 2.05) is 12.1 Å². The molecule has 21 heavy (non-hydrogen) atoms. The average Bonchev–Trinajstić information content (AvgIpc) is 2.38. The first-order valence-corrected chi connectivity index (χ1v) is 9.57. The molecule has 0 unspecified atom stereocenters. The molecular weight excluding hydrogens is 352 g/mol. The van der Waals surface area contributed by atoms with E-state index in [-0.39, 0.29) is 5.75 Å². The van der Waals surface area contributed by atoms with Gasteiger partial charge in [0.05, 0.1) is 5.75 Å². The number of hydrogen-bond acceptors (Lipinski definition) is 2. The minimum atomic E-state index is -3.82. The third-order valence-corrected chi connectivity index (χ3v) is 4.79. The molecule has 0 fully saturated rings. The molecule has 0 aliphatic heterocycles. The van der Waals surface area contributed by atoms with Gasteiger partial charge in [0.15, 0.2) is 0 Å². The fourth-order valence-electron chi connectivity index (χ4n) is 2.12. The van der Waals surface area contributed by atoms with Crippen LogP contribution in [-0.4, -0.2) is 18.7 Å². The first-order valence-electron chi connectivity index (χ1n) is 7.17. The van der Waals surface area contributed by atoms with Crippen LogP contribution in [0.1, 0.15) is 38.7 Å². The van der Waals surface area contributed by atoms with Gasteiger partial charge < -0.3 is 0 Å². The third-order valence-electron chi connectivity index (χ3n) is 3.45. The minimum absolute atomic E-state index is 0.145. The van der Waals surface area contributed by atoms with Crippen molar-refractivity contribution in [3.8, 4) is 0 Å². The van der Waals surface area contributed by atoms with Crippen molar-refractivity contribution in [3.05, 3.63) is 40.4 Å². The summed E-state index contributed by atoms with van der Waals surface area (Å²) in [6, 6.07) is 8.12. The molecule has 1 aromatic rings. The maximum atomic E-state index is 10.7. The molecule has 118 valence electrons. The molecule has 3 nitrogen and oxygen atoms in total. The zero-order chi connectivity index (χ0) is 15.9. The van der Waals surface area contributed by atoms with Crippen LogP contribution in [-0.2, 0) is 10.1 Å². The summed E-state index contributed by atoms with van der Waals surface area (Å²) in [5, 5.41) is 0. The molecule has 0 aliphatic carbocycles. The van der Waals surface area contributed by atoms with Crippen molar-refractivity contribution in [1.82, 2.24) is 0 Å². The number of halogens is 1. The molecule has 0 radical (unpaired) electrons. The van der Waals surface area contributed by atoms with Crippen LogP contribution in [0.25, 0.3) is 6.08 Å². The highest BCUT2D eigenvalue weighted by atomic mass is 79.9. The highest BCUT2D eigenvalue weighted by molar-refractivity contribution is 9.10. The van der Waals surface area contributed by atoms with E-state index < -0.39 is 10.1 Å². The van der Waals surface area contributed by atoms with Crippen LogP contribution < -0.4 is 0 Å². The predicted molar refractivity (Wildman–Crippen MR) is 91.8 cm³/mol. The Bertz CT molecular complexity index is 547. The molecule has 1 N–H and O–H groups in total. The van der Waals surface area contributed by atoms with Crippen molar-refractivity contribution in [2.45, 2.75) is 33.1 Å². The summed E-state index contributed by atoms with van der Waals surface area (Å²) < 4.78 is 31.2. The standard InChI is InChI=1S/C16H23BrO3S/c1-13(2)15(5-3-4-12-21(18,19)20)9-6-14-7-10-16(17)11-8-14/h6-11,13,15H,3-5,12H2,1-2H3,(H,18,19,20)/b9-6+/t15-/m1/s1. The molecule has 0 spiro atoms. The highest BCUT2D eigenvalue weighted by Crippen LogP contribution is 2.21. The summed E-state index contributed by atoms with van der Waals surface area (Å²) in [6.45, 7) is 4.33. The summed E-state index contributed by atoms with van der Waals surface area (Å²) in [4.78, 5) is 0. The topological polar surface area (TPSA) is 54.4 Å². The Hall–Kier alpha value is -0.650. The molecule has 1 rings (SSSR count). The highest BCUT2D eigenvalue weighted by Gasteiger charge is 2.11. The number of hydrogen-bond donors (Lipinski definition) is 1. The van der Waals surface area contributed by atoms with Gasteiger partial charge >= 0.3 is 0 Å². The van der Waals surface area contributed by atoms with Crippen molar-refractivity contribution in [3.63, 3.8) is 0 Å². The van der Waals surface area contributed by atoms with Crippen molar-refractivity contribution < 1.29 is 13.0 Å². The molecule has 0 saturated heterocycles. The van der Waals surface area contributed by atoms with Gasteiger partial charge in [0.25, 0.3) is 10.1 Å². The molecule has 0 aromatic heterocycles. The average molecular weight is 375 g/mol. The lowest BCUT2D eigenvalue weighted by Crippen LogP contribution is -2.08. The lowest BCUT2D eigenvalue weighted by atomic mass is 9.90. The number of benzene rings is 1. The van der Waals surface area contributed by atoms with Gasteiger partial charge in [0, 0.05) is 4.47 Å². The van der Waals surface area contributed by atoms with Gasteiger partial charge in [-0.05, 0) is 42.4 Å². The van der Waals surface area contributed by atoms with Gasteiger partial charge in [-0.25, -0.2) is 0 Å². The van der Waals surface area contributed by atoms with Crippen molar-refractivity contribution >= 4 is 32.1 Å². The van der Waals surface area contributed by atoms with E-state index in [1.54, 1.807) is 0 Å². The smallest absolute Gasteiger partial charge is 0.264 e. The van der Waals surface area contributed by atoms with Crippen molar-refractivity contribution in [2.75, 3.05) is 5.75 Å². The van der Waals surface area contributed by atoms with E-state index in [1.165, 1.54) is 0 Å². The van der Waals surface area contributed by atoms with Gasteiger partial charge in [-0.3, -0.25) is 4.55 Å². The number of rotatable bonds is 8. The Morgan fingerprint density at radius 3 is 2.33 bits per heavy atom. The van der Waals surface area contributed by atoms with Crippen LogP contribution in [0.5, 0.6) is 0 Å². The Labute approximate surface area is 136 Å². The fourth-order valence-corrected chi connectivity index (χ4v) is 2.96. The molecule has 0 heterocycles. The SMILES string of the molecule is CC(C)[C@@H](/C=C/c1ccc(Br)cc1)CCCCS(=O)(=O)O. The molecule has 5 heteroatoms.